The minimum atomic E-state index is -0.204. The highest BCUT2D eigenvalue weighted by molar-refractivity contribution is 7.17. The van der Waals surface area contributed by atoms with Crippen molar-refractivity contribution in [3.05, 3.63) is 77.0 Å². The maximum atomic E-state index is 11.7. The largest absolute Gasteiger partial charge is 0.493 e. The van der Waals surface area contributed by atoms with E-state index in [9.17, 15) is 4.79 Å². The van der Waals surface area contributed by atoms with E-state index in [1.165, 1.54) is 11.3 Å². The summed E-state index contributed by atoms with van der Waals surface area (Å²) in [5.74, 6) is 1.49. The first-order valence-electron chi connectivity index (χ1n) is 11.1. The molecule has 176 valence electrons. The van der Waals surface area contributed by atoms with Gasteiger partial charge >= 0.3 is 5.97 Å². The maximum absolute atomic E-state index is 11.7. The highest BCUT2D eigenvalue weighted by Gasteiger charge is 2.11. The molecule has 0 bridgehead atoms. The molecule has 0 fully saturated rings. The fraction of sp³-hybridized carbons (Fsp3) is 0.231. The fourth-order valence-corrected chi connectivity index (χ4v) is 4.88. The van der Waals surface area contributed by atoms with Crippen molar-refractivity contribution in [2.24, 2.45) is 0 Å². The smallest absolute Gasteiger partial charge is 0.311 e. The number of hydrogen-bond acceptors (Lipinski definition) is 8. The van der Waals surface area contributed by atoms with Crippen molar-refractivity contribution in [1.29, 1.82) is 0 Å². The zero-order chi connectivity index (χ0) is 23.6. The number of carbonyl (C=O) groups excluding carboxylic acids is 1. The summed E-state index contributed by atoms with van der Waals surface area (Å²) in [6.45, 7) is 3.42. The lowest BCUT2D eigenvalue weighted by Crippen LogP contribution is -2.05. The average Bonchev–Trinajstić information content (AvgIpc) is 3.50. The van der Waals surface area contributed by atoms with Gasteiger partial charge in [-0.1, -0.05) is 18.2 Å². The van der Waals surface area contributed by atoms with E-state index >= 15 is 0 Å². The number of aromatic nitrogens is 1. The molecule has 34 heavy (non-hydrogen) atoms. The molecule has 0 spiro atoms. The van der Waals surface area contributed by atoms with Crippen LogP contribution in [0.15, 0.2) is 72.1 Å². The van der Waals surface area contributed by atoms with Crippen molar-refractivity contribution < 1.29 is 19.0 Å². The molecular weight excluding hydrogens is 468 g/mol. The molecule has 0 aliphatic rings. The van der Waals surface area contributed by atoms with Crippen LogP contribution in [0.1, 0.15) is 18.2 Å². The number of benzene rings is 2. The lowest BCUT2D eigenvalue weighted by Gasteiger charge is -2.09. The molecule has 4 rings (SSSR count). The molecule has 6 nitrogen and oxygen atoms in total. The summed E-state index contributed by atoms with van der Waals surface area (Å²) in [5, 5.41) is 6.15. The third-order valence-electron chi connectivity index (χ3n) is 4.72. The van der Waals surface area contributed by atoms with Crippen LogP contribution in [0.2, 0.25) is 0 Å². The second kappa shape index (κ2) is 12.2. The van der Waals surface area contributed by atoms with Gasteiger partial charge in [0.25, 0.3) is 0 Å². The Hall–Kier alpha value is -3.36. The van der Waals surface area contributed by atoms with Crippen LogP contribution >= 0.6 is 22.7 Å². The summed E-state index contributed by atoms with van der Waals surface area (Å²) in [6.07, 6.45) is 1.10. The molecule has 0 atom stereocenters. The van der Waals surface area contributed by atoms with Crippen molar-refractivity contribution in [2.45, 2.75) is 19.8 Å². The van der Waals surface area contributed by atoms with Crippen LogP contribution in [0.4, 0.5) is 10.8 Å². The van der Waals surface area contributed by atoms with Crippen LogP contribution in [-0.2, 0) is 16.0 Å². The summed E-state index contributed by atoms with van der Waals surface area (Å²) >= 11 is 3.10. The van der Waals surface area contributed by atoms with Crippen LogP contribution in [0, 0.1) is 0 Å². The first-order valence-corrected chi connectivity index (χ1v) is 12.8. The van der Waals surface area contributed by atoms with E-state index in [2.05, 4.69) is 10.3 Å². The van der Waals surface area contributed by atoms with Gasteiger partial charge in [-0.3, -0.25) is 4.79 Å². The Morgan fingerprint density at radius 2 is 1.68 bits per heavy atom. The summed E-state index contributed by atoms with van der Waals surface area (Å²) in [7, 11) is 0. The number of para-hydroxylation sites is 1. The minimum absolute atomic E-state index is 0.204. The second-order valence-corrected chi connectivity index (χ2v) is 9.32. The standard InChI is InChI=1S/C26H26N2O4S2/c1-2-30-25(29)17-22-13-14-24(34-22)23-18-33-26(28-23)27-19-9-11-21(12-10-19)32-16-6-15-31-20-7-4-3-5-8-20/h3-5,7-14,18H,2,6,15-17H2,1H3,(H,27,28). The third-order valence-corrected chi connectivity index (χ3v) is 6.58. The van der Waals surface area contributed by atoms with E-state index in [-0.39, 0.29) is 5.97 Å². The predicted octanol–water partition coefficient (Wildman–Crippen LogP) is 6.57. The van der Waals surface area contributed by atoms with Gasteiger partial charge in [-0.15, -0.1) is 22.7 Å². The summed E-state index contributed by atoms with van der Waals surface area (Å²) < 4.78 is 16.5. The number of thiazole rings is 1. The van der Waals surface area contributed by atoms with Gasteiger partial charge in [0.2, 0.25) is 0 Å². The molecule has 0 saturated heterocycles. The highest BCUT2D eigenvalue weighted by atomic mass is 32.1. The van der Waals surface area contributed by atoms with Gasteiger partial charge in [0.05, 0.1) is 36.8 Å². The normalized spacial score (nSPS) is 10.6. The van der Waals surface area contributed by atoms with Crippen LogP contribution in [0.5, 0.6) is 11.5 Å². The topological polar surface area (TPSA) is 69.7 Å². The van der Waals surface area contributed by atoms with Gasteiger partial charge in [0.15, 0.2) is 5.13 Å². The van der Waals surface area contributed by atoms with Crippen molar-refractivity contribution in [3.63, 3.8) is 0 Å². The molecule has 0 amide bonds. The van der Waals surface area contributed by atoms with Gasteiger partial charge < -0.3 is 19.5 Å². The molecule has 0 saturated carbocycles. The number of thiophene rings is 1. The minimum Gasteiger partial charge on any atom is -0.493 e. The van der Waals surface area contributed by atoms with Gasteiger partial charge in [0.1, 0.15) is 11.5 Å². The number of nitrogens with one attached hydrogen (secondary N) is 1. The van der Waals surface area contributed by atoms with Crippen molar-refractivity contribution in [3.8, 4) is 22.1 Å². The van der Waals surface area contributed by atoms with E-state index in [4.69, 9.17) is 14.2 Å². The summed E-state index contributed by atoms with van der Waals surface area (Å²) in [5.41, 5.74) is 1.83. The number of ether oxygens (including phenoxy) is 3. The number of hydrogen-bond donors (Lipinski definition) is 1. The zero-order valence-electron chi connectivity index (χ0n) is 18.9. The number of rotatable bonds is 12. The fourth-order valence-electron chi connectivity index (χ4n) is 3.12. The Balaban J connectivity index is 1.22. The van der Waals surface area contributed by atoms with E-state index in [1.807, 2.05) is 79.0 Å². The third kappa shape index (κ3) is 7.07. The van der Waals surface area contributed by atoms with Crippen molar-refractivity contribution >= 4 is 39.5 Å². The predicted molar refractivity (Wildman–Crippen MR) is 138 cm³/mol. The maximum Gasteiger partial charge on any atom is 0.311 e. The van der Waals surface area contributed by atoms with Crippen LogP contribution < -0.4 is 14.8 Å². The molecule has 0 aliphatic heterocycles. The molecule has 0 unspecified atom stereocenters. The van der Waals surface area contributed by atoms with E-state index in [1.54, 1.807) is 11.3 Å². The van der Waals surface area contributed by atoms with Gasteiger partial charge in [-0.05, 0) is 55.5 Å². The SMILES string of the molecule is CCOC(=O)Cc1ccc(-c2csc(Nc3ccc(OCCCOc4ccccc4)cc3)n2)s1. The lowest BCUT2D eigenvalue weighted by molar-refractivity contribution is -0.142. The summed E-state index contributed by atoms with van der Waals surface area (Å²) in [4.78, 5) is 18.4. The van der Waals surface area contributed by atoms with Gasteiger partial charge in [0, 0.05) is 22.4 Å². The van der Waals surface area contributed by atoms with E-state index < -0.39 is 0 Å². The number of esters is 1. The molecule has 2 aromatic heterocycles. The molecule has 0 aliphatic carbocycles. The van der Waals surface area contributed by atoms with Crippen LogP contribution in [0.25, 0.3) is 10.6 Å². The lowest BCUT2D eigenvalue weighted by atomic mass is 10.3. The van der Waals surface area contributed by atoms with Crippen molar-refractivity contribution in [2.75, 3.05) is 25.1 Å². The first kappa shape index (κ1) is 23.8. The van der Waals surface area contributed by atoms with Crippen molar-refractivity contribution in [1.82, 2.24) is 4.98 Å². The highest BCUT2D eigenvalue weighted by Crippen LogP contribution is 2.32. The van der Waals surface area contributed by atoms with Crippen LogP contribution in [0.3, 0.4) is 0 Å². The molecular formula is C26H26N2O4S2. The zero-order valence-corrected chi connectivity index (χ0v) is 20.5. The Morgan fingerprint density at radius 1 is 0.941 bits per heavy atom. The second-order valence-electron chi connectivity index (χ2n) is 7.30. The summed E-state index contributed by atoms with van der Waals surface area (Å²) in [6, 6.07) is 21.6. The number of carbonyl (C=O) groups is 1. The molecule has 8 heteroatoms. The Labute approximate surface area is 207 Å². The Morgan fingerprint density at radius 3 is 2.41 bits per heavy atom. The molecule has 2 aromatic carbocycles. The van der Waals surface area contributed by atoms with E-state index in [0.29, 0.717) is 26.2 Å². The average molecular weight is 495 g/mol. The quantitative estimate of drug-likeness (QED) is 0.177. The molecule has 2 heterocycles. The van der Waals surface area contributed by atoms with E-state index in [0.717, 1.165) is 44.2 Å². The number of nitrogens with zero attached hydrogens (tertiary/aromatic N) is 1. The van der Waals surface area contributed by atoms with Crippen LogP contribution in [-0.4, -0.2) is 30.8 Å². The molecule has 1 N–H and O–H groups in total. The number of anilines is 2. The monoisotopic (exact) mass is 494 g/mol. The molecule has 4 aromatic rings. The van der Waals surface area contributed by atoms with Gasteiger partial charge in [-0.2, -0.15) is 0 Å². The first-order chi connectivity index (χ1) is 16.7. The molecule has 0 radical (unpaired) electrons. The Kier molecular flexibility index (Phi) is 8.54. The van der Waals surface area contributed by atoms with Gasteiger partial charge in [-0.25, -0.2) is 4.98 Å². The Bertz CT molecular complexity index is 1170.